The van der Waals surface area contributed by atoms with Crippen molar-refractivity contribution in [3.63, 3.8) is 0 Å². The van der Waals surface area contributed by atoms with E-state index in [-0.39, 0.29) is 23.2 Å². The molecular weight excluding hydrogens is 231 g/mol. The molecule has 0 radical (unpaired) electrons. The fraction of sp³-hybridized carbons (Fsp3) is 0.500. The van der Waals surface area contributed by atoms with E-state index in [4.69, 9.17) is 0 Å². The van der Waals surface area contributed by atoms with E-state index >= 15 is 0 Å². The van der Waals surface area contributed by atoms with E-state index in [1.807, 2.05) is 6.07 Å². The molecule has 1 amide bonds. The van der Waals surface area contributed by atoms with Gasteiger partial charge in [0, 0.05) is 6.54 Å². The van der Waals surface area contributed by atoms with Gasteiger partial charge in [0.25, 0.3) is 0 Å². The molecule has 0 spiro atoms. The highest BCUT2D eigenvalue weighted by atomic mass is 19.1. The molecule has 18 heavy (non-hydrogen) atoms. The van der Waals surface area contributed by atoms with Gasteiger partial charge in [-0.15, -0.1) is 0 Å². The maximum Gasteiger partial charge on any atom is 0.225 e. The average molecular weight is 248 g/mol. The van der Waals surface area contributed by atoms with Crippen molar-refractivity contribution in [2.45, 2.75) is 24.8 Å². The van der Waals surface area contributed by atoms with Crippen molar-refractivity contribution in [1.29, 1.82) is 0 Å². The lowest BCUT2D eigenvalue weighted by Gasteiger charge is -2.20. The first-order valence-electron chi connectivity index (χ1n) is 6.48. The number of hydrogen-bond donors (Lipinski definition) is 2. The van der Waals surface area contributed by atoms with E-state index in [0.29, 0.717) is 0 Å². The number of carbonyl (C=O) groups is 1. The van der Waals surface area contributed by atoms with Crippen molar-refractivity contribution in [3.05, 3.63) is 35.6 Å². The van der Waals surface area contributed by atoms with Crippen LogP contribution in [0.5, 0.6) is 0 Å². The number of carbonyl (C=O) groups excluding carboxylic acids is 1. The highest BCUT2D eigenvalue weighted by Crippen LogP contribution is 2.45. The van der Waals surface area contributed by atoms with Crippen LogP contribution in [0, 0.1) is 11.7 Å². The van der Waals surface area contributed by atoms with Crippen LogP contribution in [0.15, 0.2) is 24.3 Å². The molecule has 1 aliphatic heterocycles. The second-order valence-corrected chi connectivity index (χ2v) is 5.27. The number of amides is 1. The molecule has 1 saturated carbocycles. The van der Waals surface area contributed by atoms with Crippen LogP contribution in [0.4, 0.5) is 4.39 Å². The molecule has 1 saturated heterocycles. The molecule has 2 aliphatic rings. The standard InChI is InChI=1S/C14H17FN2O/c15-12-3-1-2-11(8-12)14(5-6-14)17-13(18)10-4-7-16-9-10/h1-3,8,10,16H,4-7,9H2,(H,17,18). The monoisotopic (exact) mass is 248 g/mol. The van der Waals surface area contributed by atoms with Crippen LogP contribution in [-0.4, -0.2) is 19.0 Å². The molecule has 1 unspecified atom stereocenters. The molecule has 3 nitrogen and oxygen atoms in total. The quantitative estimate of drug-likeness (QED) is 0.852. The summed E-state index contributed by atoms with van der Waals surface area (Å²) in [6.45, 7) is 1.66. The van der Waals surface area contributed by atoms with Crippen molar-refractivity contribution < 1.29 is 9.18 Å². The molecule has 1 heterocycles. The summed E-state index contributed by atoms with van der Waals surface area (Å²) >= 11 is 0. The van der Waals surface area contributed by atoms with E-state index < -0.39 is 0 Å². The molecule has 0 bridgehead atoms. The number of hydrogen-bond acceptors (Lipinski definition) is 2. The van der Waals surface area contributed by atoms with Gasteiger partial charge in [-0.2, -0.15) is 0 Å². The number of rotatable bonds is 3. The summed E-state index contributed by atoms with van der Waals surface area (Å²) in [6.07, 6.45) is 2.70. The third kappa shape index (κ3) is 2.12. The maximum atomic E-state index is 13.2. The van der Waals surface area contributed by atoms with Gasteiger partial charge in [0.1, 0.15) is 5.82 Å². The molecule has 3 rings (SSSR count). The van der Waals surface area contributed by atoms with E-state index in [0.717, 1.165) is 37.9 Å². The van der Waals surface area contributed by atoms with Crippen LogP contribution < -0.4 is 10.6 Å². The Morgan fingerprint density at radius 2 is 2.28 bits per heavy atom. The Morgan fingerprint density at radius 1 is 1.44 bits per heavy atom. The summed E-state index contributed by atoms with van der Waals surface area (Å²) in [6, 6.07) is 6.56. The lowest BCUT2D eigenvalue weighted by atomic mass is 10.0. The van der Waals surface area contributed by atoms with Crippen LogP contribution in [0.1, 0.15) is 24.8 Å². The third-order valence-corrected chi connectivity index (χ3v) is 3.92. The van der Waals surface area contributed by atoms with Gasteiger partial charge < -0.3 is 10.6 Å². The zero-order chi connectivity index (χ0) is 12.6. The fourth-order valence-corrected chi connectivity index (χ4v) is 2.61. The zero-order valence-corrected chi connectivity index (χ0v) is 10.2. The summed E-state index contributed by atoms with van der Waals surface area (Å²) in [5, 5.41) is 6.29. The third-order valence-electron chi connectivity index (χ3n) is 3.92. The van der Waals surface area contributed by atoms with Gasteiger partial charge in [-0.05, 0) is 43.5 Å². The summed E-state index contributed by atoms with van der Waals surface area (Å²) in [4.78, 5) is 12.1. The molecule has 96 valence electrons. The molecular formula is C14H17FN2O. The SMILES string of the molecule is O=C(NC1(c2cccc(F)c2)CC1)C1CCNC1. The highest BCUT2D eigenvalue weighted by Gasteiger charge is 2.46. The fourth-order valence-electron chi connectivity index (χ4n) is 2.61. The summed E-state index contributed by atoms with van der Waals surface area (Å²) in [5.41, 5.74) is 0.587. The second-order valence-electron chi connectivity index (χ2n) is 5.27. The Bertz CT molecular complexity index is 465. The smallest absolute Gasteiger partial charge is 0.225 e. The molecule has 1 aromatic rings. The highest BCUT2D eigenvalue weighted by molar-refractivity contribution is 5.80. The Hall–Kier alpha value is -1.42. The van der Waals surface area contributed by atoms with Crippen molar-refractivity contribution in [2.75, 3.05) is 13.1 Å². The normalized spacial score (nSPS) is 24.8. The Morgan fingerprint density at radius 3 is 2.89 bits per heavy atom. The van der Waals surface area contributed by atoms with E-state index in [1.54, 1.807) is 6.07 Å². The van der Waals surface area contributed by atoms with Crippen molar-refractivity contribution >= 4 is 5.91 Å². The number of halogens is 1. The minimum Gasteiger partial charge on any atom is -0.346 e. The topological polar surface area (TPSA) is 41.1 Å². The second kappa shape index (κ2) is 4.35. The van der Waals surface area contributed by atoms with Gasteiger partial charge in [-0.3, -0.25) is 4.79 Å². The van der Waals surface area contributed by atoms with Crippen LogP contribution >= 0.6 is 0 Å². The van der Waals surface area contributed by atoms with Crippen LogP contribution in [0.2, 0.25) is 0 Å². The first kappa shape index (κ1) is 11.7. The molecule has 1 atom stereocenters. The predicted octanol–water partition coefficient (Wildman–Crippen LogP) is 1.54. The molecule has 0 aromatic heterocycles. The number of nitrogens with one attached hydrogen (secondary N) is 2. The van der Waals surface area contributed by atoms with Crippen molar-refractivity contribution in [3.8, 4) is 0 Å². The first-order chi connectivity index (χ1) is 8.70. The molecule has 1 aliphatic carbocycles. The van der Waals surface area contributed by atoms with Crippen molar-refractivity contribution in [2.24, 2.45) is 5.92 Å². The lowest BCUT2D eigenvalue weighted by molar-refractivity contribution is -0.125. The van der Waals surface area contributed by atoms with Gasteiger partial charge in [-0.25, -0.2) is 4.39 Å². The molecule has 2 fully saturated rings. The predicted molar refractivity (Wildman–Crippen MR) is 66.4 cm³/mol. The van der Waals surface area contributed by atoms with Gasteiger partial charge in [-0.1, -0.05) is 12.1 Å². The lowest BCUT2D eigenvalue weighted by Crippen LogP contribution is -2.39. The van der Waals surface area contributed by atoms with Crippen LogP contribution in [-0.2, 0) is 10.3 Å². The van der Waals surface area contributed by atoms with Crippen LogP contribution in [0.3, 0.4) is 0 Å². The molecule has 4 heteroatoms. The Labute approximate surface area is 106 Å². The Balaban J connectivity index is 1.73. The van der Waals surface area contributed by atoms with Gasteiger partial charge in [0.2, 0.25) is 5.91 Å². The summed E-state index contributed by atoms with van der Waals surface area (Å²) in [5.74, 6) is -0.0756. The van der Waals surface area contributed by atoms with E-state index in [9.17, 15) is 9.18 Å². The van der Waals surface area contributed by atoms with E-state index in [1.165, 1.54) is 12.1 Å². The minimum atomic E-state index is -0.304. The average Bonchev–Trinajstić information content (AvgIpc) is 2.93. The number of benzene rings is 1. The van der Waals surface area contributed by atoms with Gasteiger partial charge >= 0.3 is 0 Å². The molecule has 1 aromatic carbocycles. The van der Waals surface area contributed by atoms with Gasteiger partial charge in [0.15, 0.2) is 0 Å². The Kier molecular flexibility index (Phi) is 2.82. The first-order valence-corrected chi connectivity index (χ1v) is 6.48. The van der Waals surface area contributed by atoms with Crippen molar-refractivity contribution in [1.82, 2.24) is 10.6 Å². The van der Waals surface area contributed by atoms with Crippen LogP contribution in [0.25, 0.3) is 0 Å². The minimum absolute atomic E-state index is 0.0658. The maximum absolute atomic E-state index is 13.2. The van der Waals surface area contributed by atoms with Gasteiger partial charge in [0.05, 0.1) is 11.5 Å². The molecule has 2 N–H and O–H groups in total. The summed E-state index contributed by atoms with van der Waals surface area (Å²) < 4.78 is 13.2. The largest absolute Gasteiger partial charge is 0.346 e. The van der Waals surface area contributed by atoms with E-state index in [2.05, 4.69) is 10.6 Å². The zero-order valence-electron chi connectivity index (χ0n) is 10.2. The summed E-state index contributed by atoms with van der Waals surface area (Å²) in [7, 11) is 0.